The second kappa shape index (κ2) is 6.10. The molecular weight excluding hydrogens is 364 g/mol. The zero-order valence-corrected chi connectivity index (χ0v) is 13.2. The van der Waals surface area contributed by atoms with Gasteiger partial charge in [0.15, 0.2) is 11.5 Å². The molecule has 0 fully saturated rings. The number of rotatable bonds is 3. The van der Waals surface area contributed by atoms with Crippen molar-refractivity contribution in [3.63, 3.8) is 0 Å². The zero-order valence-electron chi connectivity index (χ0n) is 11.7. The van der Waals surface area contributed by atoms with E-state index >= 15 is 0 Å². The van der Waals surface area contributed by atoms with Gasteiger partial charge in [-0.2, -0.15) is 5.26 Å². The first kappa shape index (κ1) is 15.1. The van der Waals surface area contributed by atoms with E-state index in [2.05, 4.69) is 15.9 Å². The quantitative estimate of drug-likeness (QED) is 0.459. The summed E-state index contributed by atoms with van der Waals surface area (Å²) in [5.74, 6) is 1.32. The maximum Gasteiger partial charge on any atom is 0.270 e. The summed E-state index contributed by atoms with van der Waals surface area (Å²) in [6, 6.07) is 9.78. The molecule has 0 unspecified atom stereocenters. The number of fused-ring (bicyclic) bond motifs is 1. The van der Waals surface area contributed by atoms with Crippen LogP contribution in [0.1, 0.15) is 16.7 Å². The lowest BCUT2D eigenvalue weighted by Crippen LogP contribution is -1.92. The van der Waals surface area contributed by atoms with Crippen LogP contribution in [0.3, 0.4) is 0 Å². The Labute approximate surface area is 139 Å². The summed E-state index contributed by atoms with van der Waals surface area (Å²) in [6.45, 7) is 0.190. The topological polar surface area (TPSA) is 85.4 Å². The van der Waals surface area contributed by atoms with E-state index in [0.29, 0.717) is 17.1 Å². The van der Waals surface area contributed by atoms with Gasteiger partial charge in [0.2, 0.25) is 6.79 Å². The van der Waals surface area contributed by atoms with Gasteiger partial charge in [-0.15, -0.1) is 0 Å². The van der Waals surface area contributed by atoms with E-state index in [1.54, 1.807) is 18.2 Å². The molecule has 0 radical (unpaired) electrons. The fourth-order valence-corrected chi connectivity index (χ4v) is 2.59. The Hall–Kier alpha value is -2.85. The van der Waals surface area contributed by atoms with Crippen LogP contribution in [-0.4, -0.2) is 11.7 Å². The number of nitro groups is 1. The van der Waals surface area contributed by atoms with Crippen molar-refractivity contribution in [1.29, 1.82) is 5.26 Å². The summed E-state index contributed by atoms with van der Waals surface area (Å²) >= 11 is 3.45. The Morgan fingerprint density at radius 3 is 2.57 bits per heavy atom. The number of hydrogen-bond acceptors (Lipinski definition) is 5. The summed E-state index contributed by atoms with van der Waals surface area (Å²) in [5, 5.41) is 19.9. The van der Waals surface area contributed by atoms with Crippen LogP contribution in [0, 0.1) is 21.4 Å². The first-order valence-corrected chi connectivity index (χ1v) is 7.33. The molecular formula is C16H9BrN2O4. The molecule has 0 aliphatic carbocycles. The van der Waals surface area contributed by atoms with Gasteiger partial charge in [-0.1, -0.05) is 28.1 Å². The van der Waals surface area contributed by atoms with Crippen molar-refractivity contribution < 1.29 is 14.4 Å². The van der Waals surface area contributed by atoms with Crippen LogP contribution in [0.5, 0.6) is 11.5 Å². The summed E-state index contributed by atoms with van der Waals surface area (Å²) < 4.78 is 11.4. The highest BCUT2D eigenvalue weighted by Crippen LogP contribution is 2.37. The molecule has 0 N–H and O–H groups in total. The smallest absolute Gasteiger partial charge is 0.270 e. The second-order valence-electron chi connectivity index (χ2n) is 4.70. The number of nitro benzene ring substituents is 1. The molecule has 2 aromatic rings. The standard InChI is InChI=1S/C16H9BrN2O4/c17-14-7-16-15(22-9-23-16)6-11(14)2-1-10-3-4-13(19(20)21)5-12(10)8-18/h1-7H,9H2/b2-1+. The Morgan fingerprint density at radius 2 is 1.87 bits per heavy atom. The van der Waals surface area contributed by atoms with Gasteiger partial charge in [0.05, 0.1) is 10.5 Å². The molecule has 1 heterocycles. The minimum Gasteiger partial charge on any atom is -0.454 e. The van der Waals surface area contributed by atoms with Gasteiger partial charge in [0.25, 0.3) is 5.69 Å². The van der Waals surface area contributed by atoms with E-state index in [1.807, 2.05) is 18.2 Å². The maximum atomic E-state index is 10.8. The van der Waals surface area contributed by atoms with Gasteiger partial charge in [-0.3, -0.25) is 10.1 Å². The van der Waals surface area contributed by atoms with E-state index in [0.717, 1.165) is 10.0 Å². The van der Waals surface area contributed by atoms with Crippen LogP contribution in [0.15, 0.2) is 34.8 Å². The van der Waals surface area contributed by atoms with Gasteiger partial charge in [0, 0.05) is 16.6 Å². The first-order chi connectivity index (χ1) is 11.1. The molecule has 0 saturated heterocycles. The Morgan fingerprint density at radius 1 is 1.17 bits per heavy atom. The van der Waals surface area contributed by atoms with Crippen molar-refractivity contribution in [1.82, 2.24) is 0 Å². The summed E-state index contributed by atoms with van der Waals surface area (Å²) in [6.07, 6.45) is 3.53. The number of halogens is 1. The third-order valence-electron chi connectivity index (χ3n) is 3.30. The third kappa shape index (κ3) is 3.03. The van der Waals surface area contributed by atoms with Crippen molar-refractivity contribution in [2.45, 2.75) is 0 Å². The summed E-state index contributed by atoms with van der Waals surface area (Å²) in [5.41, 5.74) is 1.58. The molecule has 6 nitrogen and oxygen atoms in total. The van der Waals surface area contributed by atoms with Crippen molar-refractivity contribution in [3.05, 3.63) is 61.6 Å². The monoisotopic (exact) mass is 372 g/mol. The van der Waals surface area contributed by atoms with Crippen molar-refractivity contribution >= 4 is 33.8 Å². The lowest BCUT2D eigenvalue weighted by Gasteiger charge is -2.02. The van der Waals surface area contributed by atoms with Crippen LogP contribution in [-0.2, 0) is 0 Å². The Balaban J connectivity index is 1.95. The van der Waals surface area contributed by atoms with Crippen molar-refractivity contribution in [2.75, 3.05) is 6.79 Å². The van der Waals surface area contributed by atoms with E-state index in [9.17, 15) is 10.1 Å². The molecule has 7 heteroatoms. The van der Waals surface area contributed by atoms with E-state index < -0.39 is 4.92 Å². The van der Waals surface area contributed by atoms with Gasteiger partial charge < -0.3 is 9.47 Å². The first-order valence-electron chi connectivity index (χ1n) is 6.54. The molecule has 0 atom stereocenters. The molecule has 0 aromatic heterocycles. The zero-order chi connectivity index (χ0) is 16.4. The minimum atomic E-state index is -0.525. The molecule has 0 amide bonds. The van der Waals surface area contributed by atoms with E-state index in [1.165, 1.54) is 12.1 Å². The number of ether oxygens (including phenoxy) is 2. The van der Waals surface area contributed by atoms with E-state index in [-0.39, 0.29) is 18.0 Å². The van der Waals surface area contributed by atoms with Gasteiger partial charge in [0.1, 0.15) is 6.07 Å². The predicted molar refractivity (Wildman–Crippen MR) is 87.0 cm³/mol. The Kier molecular flexibility index (Phi) is 4.00. The van der Waals surface area contributed by atoms with E-state index in [4.69, 9.17) is 14.7 Å². The molecule has 2 aromatic carbocycles. The molecule has 0 saturated carbocycles. The average Bonchev–Trinajstić information content (AvgIpc) is 2.99. The van der Waals surface area contributed by atoms with Gasteiger partial charge >= 0.3 is 0 Å². The fraction of sp³-hybridized carbons (Fsp3) is 0.0625. The minimum absolute atomic E-state index is 0.108. The summed E-state index contributed by atoms with van der Waals surface area (Å²) in [7, 11) is 0. The van der Waals surface area contributed by atoms with Crippen LogP contribution in [0.25, 0.3) is 12.2 Å². The van der Waals surface area contributed by atoms with Crippen LogP contribution >= 0.6 is 15.9 Å². The largest absolute Gasteiger partial charge is 0.454 e. The van der Waals surface area contributed by atoms with Crippen LogP contribution < -0.4 is 9.47 Å². The fourth-order valence-electron chi connectivity index (χ4n) is 2.14. The number of benzene rings is 2. The third-order valence-corrected chi connectivity index (χ3v) is 3.99. The summed E-state index contributed by atoms with van der Waals surface area (Å²) in [4.78, 5) is 10.2. The predicted octanol–water partition coefficient (Wildman–Crippen LogP) is 4.13. The molecule has 0 bridgehead atoms. The number of nitrogens with zero attached hydrogens (tertiary/aromatic N) is 2. The van der Waals surface area contributed by atoms with Gasteiger partial charge in [-0.05, 0) is 29.3 Å². The highest BCUT2D eigenvalue weighted by Gasteiger charge is 2.15. The molecule has 114 valence electrons. The molecule has 0 spiro atoms. The average molecular weight is 373 g/mol. The number of non-ortho nitro benzene ring substituents is 1. The Bertz CT molecular complexity index is 871. The van der Waals surface area contributed by atoms with Crippen LogP contribution in [0.2, 0.25) is 0 Å². The molecule has 3 rings (SSSR count). The van der Waals surface area contributed by atoms with Crippen molar-refractivity contribution in [3.8, 4) is 17.6 Å². The van der Waals surface area contributed by atoms with Gasteiger partial charge in [-0.25, -0.2) is 0 Å². The number of nitriles is 1. The lowest BCUT2D eigenvalue weighted by molar-refractivity contribution is -0.384. The second-order valence-corrected chi connectivity index (χ2v) is 5.56. The van der Waals surface area contributed by atoms with Crippen LogP contribution in [0.4, 0.5) is 5.69 Å². The highest BCUT2D eigenvalue weighted by molar-refractivity contribution is 9.10. The number of hydrogen-bond donors (Lipinski definition) is 0. The maximum absolute atomic E-state index is 10.8. The lowest BCUT2D eigenvalue weighted by atomic mass is 10.1. The molecule has 1 aliphatic rings. The normalized spacial score (nSPS) is 12.3. The van der Waals surface area contributed by atoms with Crippen molar-refractivity contribution in [2.24, 2.45) is 0 Å². The SMILES string of the molecule is N#Cc1cc([N+](=O)[O-])ccc1/C=C/c1cc2c(cc1Br)OCO2. The molecule has 23 heavy (non-hydrogen) atoms. The molecule has 1 aliphatic heterocycles. The highest BCUT2D eigenvalue weighted by atomic mass is 79.9.